The Bertz CT molecular complexity index is 989. The predicted octanol–water partition coefficient (Wildman–Crippen LogP) is 4.43. The molecule has 1 saturated heterocycles. The molecule has 1 aliphatic heterocycles. The van der Waals surface area contributed by atoms with E-state index in [0.717, 1.165) is 19.3 Å². The van der Waals surface area contributed by atoms with E-state index in [1.54, 1.807) is 12.1 Å². The second kappa shape index (κ2) is 8.69. The number of hydrogen-bond donors (Lipinski definition) is 1. The maximum Gasteiger partial charge on any atom is 0.255 e. The monoisotopic (exact) mass is 442 g/mol. The molecule has 3 rings (SSSR count). The molecule has 0 aliphatic carbocycles. The van der Waals surface area contributed by atoms with Gasteiger partial charge in [0.1, 0.15) is 10.6 Å². The molecule has 6 nitrogen and oxygen atoms in total. The van der Waals surface area contributed by atoms with Crippen LogP contribution in [0.2, 0.25) is 10.0 Å². The molecule has 1 heterocycles. The number of halogens is 2. The Kier molecular flexibility index (Phi) is 6.50. The van der Waals surface area contributed by atoms with E-state index in [0.29, 0.717) is 29.4 Å². The van der Waals surface area contributed by atoms with E-state index in [-0.39, 0.29) is 15.7 Å². The number of carbonyl (C=O) groups is 1. The molecule has 0 bridgehead atoms. The average molecular weight is 443 g/mol. The van der Waals surface area contributed by atoms with E-state index < -0.39 is 15.9 Å². The molecule has 0 spiro atoms. The first-order chi connectivity index (χ1) is 13.3. The molecule has 0 saturated carbocycles. The summed E-state index contributed by atoms with van der Waals surface area (Å²) >= 11 is 11.8. The summed E-state index contributed by atoms with van der Waals surface area (Å²) < 4.78 is 32.8. The van der Waals surface area contributed by atoms with Crippen LogP contribution in [0.15, 0.2) is 41.3 Å². The molecule has 1 fully saturated rings. The van der Waals surface area contributed by atoms with E-state index in [9.17, 15) is 13.2 Å². The van der Waals surface area contributed by atoms with Gasteiger partial charge in [-0.1, -0.05) is 29.6 Å². The highest BCUT2D eigenvalue weighted by molar-refractivity contribution is 7.89. The zero-order valence-corrected chi connectivity index (χ0v) is 17.6. The highest BCUT2D eigenvalue weighted by Crippen LogP contribution is 2.31. The van der Waals surface area contributed by atoms with Gasteiger partial charge in [0, 0.05) is 24.3 Å². The number of nitrogens with one attached hydrogen (secondary N) is 1. The summed E-state index contributed by atoms with van der Waals surface area (Å²) in [6.45, 7) is 0.955. The summed E-state index contributed by atoms with van der Waals surface area (Å²) in [4.78, 5) is 12.5. The molecule has 0 aromatic heterocycles. The molecule has 0 radical (unpaired) electrons. The van der Waals surface area contributed by atoms with Gasteiger partial charge in [-0.2, -0.15) is 4.31 Å². The number of rotatable bonds is 5. The molecule has 0 atom stereocenters. The maximum absolute atomic E-state index is 13.1. The first kappa shape index (κ1) is 20.9. The molecular weight excluding hydrogens is 423 g/mol. The normalized spacial score (nSPS) is 15.2. The van der Waals surface area contributed by atoms with Crippen LogP contribution >= 0.6 is 23.2 Å². The second-order valence-electron chi connectivity index (χ2n) is 6.41. The van der Waals surface area contributed by atoms with Crippen LogP contribution in [0, 0.1) is 0 Å². The van der Waals surface area contributed by atoms with Crippen molar-refractivity contribution in [3.05, 3.63) is 52.0 Å². The minimum absolute atomic E-state index is 0.0313. The number of amides is 1. The first-order valence-electron chi connectivity index (χ1n) is 8.77. The predicted molar refractivity (Wildman–Crippen MR) is 110 cm³/mol. The third kappa shape index (κ3) is 4.43. The van der Waals surface area contributed by atoms with E-state index in [1.807, 2.05) is 0 Å². The number of anilines is 1. The summed E-state index contributed by atoms with van der Waals surface area (Å²) in [5.41, 5.74) is 0.651. The van der Waals surface area contributed by atoms with Crippen molar-refractivity contribution in [3.8, 4) is 5.75 Å². The topological polar surface area (TPSA) is 75.7 Å². The van der Waals surface area contributed by atoms with Crippen LogP contribution in [-0.2, 0) is 10.0 Å². The largest absolute Gasteiger partial charge is 0.495 e. The number of benzene rings is 2. The zero-order valence-electron chi connectivity index (χ0n) is 15.2. The van der Waals surface area contributed by atoms with Crippen LogP contribution < -0.4 is 10.1 Å². The van der Waals surface area contributed by atoms with Gasteiger partial charge in [0.2, 0.25) is 10.0 Å². The summed E-state index contributed by atoms with van der Waals surface area (Å²) in [5.74, 6) is -0.192. The van der Waals surface area contributed by atoms with Gasteiger partial charge in [0.05, 0.1) is 17.2 Å². The fourth-order valence-corrected chi connectivity index (χ4v) is 5.04. The highest BCUT2D eigenvalue weighted by atomic mass is 35.5. The molecule has 2 aromatic rings. The lowest BCUT2D eigenvalue weighted by Crippen LogP contribution is -2.35. The molecule has 2 aromatic carbocycles. The van der Waals surface area contributed by atoms with Gasteiger partial charge in [0.15, 0.2) is 0 Å². The summed E-state index contributed by atoms with van der Waals surface area (Å²) in [5, 5.41) is 3.30. The van der Waals surface area contributed by atoms with Crippen LogP contribution in [0.1, 0.15) is 29.6 Å². The third-order valence-electron chi connectivity index (χ3n) is 4.54. The van der Waals surface area contributed by atoms with Gasteiger partial charge < -0.3 is 10.1 Å². The summed E-state index contributed by atoms with van der Waals surface area (Å²) in [6, 6.07) is 9.05. The van der Waals surface area contributed by atoms with Gasteiger partial charge in [-0.3, -0.25) is 4.79 Å². The summed E-state index contributed by atoms with van der Waals surface area (Å²) in [7, 11) is -2.31. The molecule has 1 aliphatic rings. The van der Waals surface area contributed by atoms with Crippen molar-refractivity contribution >= 4 is 44.8 Å². The Morgan fingerprint density at radius 3 is 2.39 bits per heavy atom. The summed E-state index contributed by atoms with van der Waals surface area (Å²) in [6.07, 6.45) is 2.67. The van der Waals surface area contributed by atoms with Gasteiger partial charge in [-0.15, -0.1) is 0 Å². The standard InChI is InChI=1S/C19H20Cl2N2O4S/c1-27-17-8-6-14(22-19(24)13-5-7-15(20)16(21)11-13)12-18(17)28(25,26)23-9-3-2-4-10-23/h5-8,11-12H,2-4,9-10H2,1H3,(H,22,24). The lowest BCUT2D eigenvalue weighted by Gasteiger charge is -2.26. The molecule has 28 heavy (non-hydrogen) atoms. The maximum atomic E-state index is 13.1. The number of nitrogens with zero attached hydrogens (tertiary/aromatic N) is 1. The lowest BCUT2D eigenvalue weighted by atomic mass is 10.2. The van der Waals surface area contributed by atoms with Crippen molar-refractivity contribution in [2.45, 2.75) is 24.2 Å². The van der Waals surface area contributed by atoms with Crippen molar-refractivity contribution in [1.29, 1.82) is 0 Å². The van der Waals surface area contributed by atoms with Gasteiger partial charge >= 0.3 is 0 Å². The number of methoxy groups -OCH3 is 1. The van der Waals surface area contributed by atoms with Crippen LogP contribution in [0.25, 0.3) is 0 Å². The number of hydrogen-bond acceptors (Lipinski definition) is 4. The fraction of sp³-hybridized carbons (Fsp3) is 0.316. The van der Waals surface area contributed by atoms with Crippen molar-refractivity contribution in [2.75, 3.05) is 25.5 Å². The molecule has 1 N–H and O–H groups in total. The Morgan fingerprint density at radius 1 is 1.04 bits per heavy atom. The molecular formula is C19H20Cl2N2O4S. The second-order valence-corrected chi connectivity index (χ2v) is 9.13. The van der Waals surface area contributed by atoms with Gasteiger partial charge in [-0.05, 0) is 49.2 Å². The Morgan fingerprint density at radius 2 is 1.75 bits per heavy atom. The van der Waals surface area contributed by atoms with Crippen molar-refractivity contribution in [1.82, 2.24) is 4.31 Å². The Labute approximate surface area is 174 Å². The number of ether oxygens (including phenoxy) is 1. The number of carbonyl (C=O) groups excluding carboxylic acids is 1. The van der Waals surface area contributed by atoms with Crippen molar-refractivity contribution < 1.29 is 17.9 Å². The van der Waals surface area contributed by atoms with Crippen molar-refractivity contribution in [3.63, 3.8) is 0 Å². The SMILES string of the molecule is COc1ccc(NC(=O)c2ccc(Cl)c(Cl)c2)cc1S(=O)(=O)N1CCCCC1. The fourth-order valence-electron chi connectivity index (χ4n) is 3.04. The Hall–Kier alpha value is -1.80. The van der Waals surface area contributed by atoms with E-state index in [1.165, 1.54) is 35.7 Å². The van der Waals surface area contributed by atoms with Gasteiger partial charge in [0.25, 0.3) is 5.91 Å². The highest BCUT2D eigenvalue weighted by Gasteiger charge is 2.29. The van der Waals surface area contributed by atoms with Crippen LogP contribution in [0.3, 0.4) is 0 Å². The lowest BCUT2D eigenvalue weighted by molar-refractivity contribution is 0.102. The molecule has 150 valence electrons. The molecule has 0 unspecified atom stereocenters. The van der Waals surface area contributed by atoms with Crippen molar-refractivity contribution in [2.24, 2.45) is 0 Å². The number of sulfonamides is 1. The van der Waals surface area contributed by atoms with Gasteiger partial charge in [-0.25, -0.2) is 8.42 Å². The average Bonchev–Trinajstić information content (AvgIpc) is 2.70. The molecule has 1 amide bonds. The van der Waals surface area contributed by atoms with Crippen LogP contribution in [0.5, 0.6) is 5.75 Å². The first-order valence-corrected chi connectivity index (χ1v) is 11.0. The van der Waals surface area contributed by atoms with E-state index in [2.05, 4.69) is 5.32 Å². The quantitative estimate of drug-likeness (QED) is 0.742. The van der Waals surface area contributed by atoms with E-state index >= 15 is 0 Å². The number of piperidine rings is 1. The Balaban J connectivity index is 1.90. The minimum atomic E-state index is -3.72. The third-order valence-corrected chi connectivity index (χ3v) is 7.20. The van der Waals surface area contributed by atoms with E-state index in [4.69, 9.17) is 27.9 Å². The minimum Gasteiger partial charge on any atom is -0.495 e. The smallest absolute Gasteiger partial charge is 0.255 e. The molecule has 9 heteroatoms. The van der Waals surface area contributed by atoms with Crippen LogP contribution in [0.4, 0.5) is 5.69 Å². The van der Waals surface area contributed by atoms with Crippen LogP contribution in [-0.4, -0.2) is 38.8 Å². The zero-order chi connectivity index (χ0) is 20.3.